The van der Waals surface area contributed by atoms with Crippen LogP contribution < -0.4 is 0 Å². The van der Waals surface area contributed by atoms with Gasteiger partial charge in [0.15, 0.2) is 0 Å². The fourth-order valence-corrected chi connectivity index (χ4v) is 4.45. The first kappa shape index (κ1) is 20.4. The van der Waals surface area contributed by atoms with Gasteiger partial charge in [-0.25, -0.2) is 0 Å². The molecule has 1 heterocycles. The third-order valence-electron chi connectivity index (χ3n) is 5.92. The molecule has 2 aromatic carbocycles. The lowest BCUT2D eigenvalue weighted by atomic mass is 9.74. The van der Waals surface area contributed by atoms with E-state index in [0.29, 0.717) is 5.02 Å². The smallest absolute Gasteiger partial charge is 0.0977 e. The van der Waals surface area contributed by atoms with Gasteiger partial charge < -0.3 is 10.0 Å². The maximum atomic E-state index is 12.1. The minimum Gasteiger partial charge on any atom is -0.384 e. The largest absolute Gasteiger partial charge is 0.384 e. The van der Waals surface area contributed by atoms with Crippen LogP contribution in [0.1, 0.15) is 62.5 Å². The summed E-state index contributed by atoms with van der Waals surface area (Å²) in [5.74, 6) is 0.0459. The molecule has 3 heteroatoms. The lowest BCUT2D eigenvalue weighted by molar-refractivity contribution is -0.0164. The highest BCUT2D eigenvalue weighted by atomic mass is 35.5. The van der Waals surface area contributed by atoms with E-state index < -0.39 is 5.60 Å². The molecule has 0 saturated carbocycles. The molecule has 2 atom stereocenters. The van der Waals surface area contributed by atoms with Crippen molar-refractivity contribution in [3.63, 3.8) is 0 Å². The molecule has 3 rings (SSSR count). The Morgan fingerprint density at radius 2 is 1.67 bits per heavy atom. The van der Waals surface area contributed by atoms with Gasteiger partial charge in [-0.1, -0.05) is 80.3 Å². The van der Waals surface area contributed by atoms with Crippen molar-refractivity contribution in [3.8, 4) is 0 Å². The second-order valence-corrected chi connectivity index (χ2v) is 8.30. The van der Waals surface area contributed by atoms with E-state index in [9.17, 15) is 5.11 Å². The highest BCUT2D eigenvalue weighted by molar-refractivity contribution is 6.30. The number of likely N-dealkylation sites (tertiary alicyclic amines) is 1. The summed E-state index contributed by atoms with van der Waals surface area (Å²) in [6, 6.07) is 18.4. The molecule has 1 aliphatic rings. The van der Waals surface area contributed by atoms with Crippen molar-refractivity contribution in [3.05, 3.63) is 70.7 Å². The number of aliphatic hydroxyl groups is 1. The van der Waals surface area contributed by atoms with Crippen LogP contribution in [-0.2, 0) is 5.60 Å². The van der Waals surface area contributed by atoms with Crippen LogP contribution in [0.5, 0.6) is 0 Å². The van der Waals surface area contributed by atoms with Crippen LogP contribution in [0.2, 0.25) is 5.02 Å². The topological polar surface area (TPSA) is 23.5 Å². The molecule has 2 aromatic rings. The van der Waals surface area contributed by atoms with Gasteiger partial charge in [-0.05, 0) is 55.6 Å². The number of hydrogen-bond acceptors (Lipinski definition) is 2. The van der Waals surface area contributed by atoms with Crippen LogP contribution in [0.3, 0.4) is 0 Å². The molecule has 1 fully saturated rings. The van der Waals surface area contributed by atoms with Crippen LogP contribution in [0.4, 0.5) is 0 Å². The number of benzene rings is 2. The van der Waals surface area contributed by atoms with Crippen LogP contribution >= 0.6 is 11.6 Å². The van der Waals surface area contributed by atoms with E-state index >= 15 is 0 Å². The molecule has 0 amide bonds. The van der Waals surface area contributed by atoms with Crippen molar-refractivity contribution in [1.82, 2.24) is 4.90 Å². The first-order valence-corrected chi connectivity index (χ1v) is 10.8. The standard InChI is InChI=1S/C24H32ClNO/c1-2-3-16-24(27,21-12-14-22(25)15-13-21)23(20-10-6-4-7-11-20)19-26-17-8-5-9-18-26/h4,6-7,10-15,23,27H,2-3,5,8-9,16-19H2,1H3. The Hall–Kier alpha value is -1.35. The minimum atomic E-state index is -0.889. The summed E-state index contributed by atoms with van der Waals surface area (Å²) >= 11 is 6.13. The summed E-state index contributed by atoms with van der Waals surface area (Å²) in [6.45, 7) is 5.35. The SMILES string of the molecule is CCCCC(O)(c1ccc(Cl)cc1)C(CN1CCCCC1)c1ccccc1. The minimum absolute atomic E-state index is 0.0459. The quantitative estimate of drug-likeness (QED) is 0.603. The Morgan fingerprint density at radius 3 is 2.30 bits per heavy atom. The van der Waals surface area contributed by atoms with E-state index in [1.807, 2.05) is 24.3 Å². The average Bonchev–Trinajstić information content (AvgIpc) is 2.72. The molecule has 0 aliphatic carbocycles. The zero-order chi connectivity index (χ0) is 19.1. The maximum absolute atomic E-state index is 12.1. The second kappa shape index (κ2) is 9.73. The Morgan fingerprint density at radius 1 is 1.00 bits per heavy atom. The van der Waals surface area contributed by atoms with Crippen LogP contribution in [-0.4, -0.2) is 29.6 Å². The molecule has 0 radical (unpaired) electrons. The summed E-state index contributed by atoms with van der Waals surface area (Å²) < 4.78 is 0. The lowest BCUT2D eigenvalue weighted by Gasteiger charge is -2.41. The van der Waals surface area contributed by atoms with Gasteiger partial charge in [-0.15, -0.1) is 0 Å². The summed E-state index contributed by atoms with van der Waals surface area (Å²) in [5.41, 5.74) is 1.31. The van der Waals surface area contributed by atoms with Crippen LogP contribution in [0, 0.1) is 0 Å². The molecular formula is C24H32ClNO. The average molecular weight is 386 g/mol. The van der Waals surface area contributed by atoms with E-state index in [-0.39, 0.29) is 5.92 Å². The predicted octanol–water partition coefficient (Wildman–Crippen LogP) is 5.99. The molecule has 1 N–H and O–H groups in total. The fraction of sp³-hybridized carbons (Fsp3) is 0.500. The first-order chi connectivity index (χ1) is 13.1. The number of piperidine rings is 1. The number of halogens is 1. The zero-order valence-corrected chi connectivity index (χ0v) is 17.2. The normalized spacial score (nSPS) is 18.8. The van der Waals surface area contributed by atoms with Crippen molar-refractivity contribution in [2.24, 2.45) is 0 Å². The third kappa shape index (κ3) is 5.13. The number of hydrogen-bond donors (Lipinski definition) is 1. The summed E-state index contributed by atoms with van der Waals surface area (Å²) in [4.78, 5) is 2.54. The molecule has 1 aliphatic heterocycles. The molecule has 1 saturated heterocycles. The van der Waals surface area contributed by atoms with E-state index in [1.165, 1.54) is 24.8 Å². The molecule has 27 heavy (non-hydrogen) atoms. The molecular weight excluding hydrogens is 354 g/mol. The monoisotopic (exact) mass is 385 g/mol. The van der Waals surface area contributed by atoms with Gasteiger partial charge in [-0.2, -0.15) is 0 Å². The molecule has 0 aromatic heterocycles. The molecule has 146 valence electrons. The number of nitrogens with zero attached hydrogens (tertiary/aromatic N) is 1. The van der Waals surface area contributed by atoms with Crippen LogP contribution in [0.15, 0.2) is 54.6 Å². The van der Waals surface area contributed by atoms with E-state index in [0.717, 1.165) is 44.5 Å². The Balaban J connectivity index is 1.99. The Labute approximate surface area is 169 Å². The van der Waals surface area contributed by atoms with Crippen molar-refractivity contribution in [1.29, 1.82) is 0 Å². The summed E-state index contributed by atoms with van der Waals surface area (Å²) in [5, 5.41) is 12.8. The number of unbranched alkanes of at least 4 members (excludes halogenated alkanes) is 1. The molecule has 2 unspecified atom stereocenters. The third-order valence-corrected chi connectivity index (χ3v) is 6.18. The highest BCUT2D eigenvalue weighted by Crippen LogP contribution is 2.42. The Kier molecular flexibility index (Phi) is 7.34. The molecule has 0 bridgehead atoms. The van der Waals surface area contributed by atoms with E-state index in [1.54, 1.807) is 0 Å². The van der Waals surface area contributed by atoms with Crippen molar-refractivity contribution < 1.29 is 5.11 Å². The van der Waals surface area contributed by atoms with Gasteiger partial charge >= 0.3 is 0 Å². The van der Waals surface area contributed by atoms with Gasteiger partial charge in [0, 0.05) is 17.5 Å². The summed E-state index contributed by atoms with van der Waals surface area (Å²) in [6.07, 6.45) is 6.68. The van der Waals surface area contributed by atoms with E-state index in [4.69, 9.17) is 11.6 Å². The highest BCUT2D eigenvalue weighted by Gasteiger charge is 2.39. The molecule has 0 spiro atoms. The van der Waals surface area contributed by atoms with Crippen molar-refractivity contribution >= 4 is 11.6 Å². The van der Waals surface area contributed by atoms with Gasteiger partial charge in [0.25, 0.3) is 0 Å². The lowest BCUT2D eigenvalue weighted by Crippen LogP contribution is -2.42. The Bertz CT molecular complexity index is 681. The van der Waals surface area contributed by atoms with Crippen molar-refractivity contribution in [2.45, 2.75) is 57.0 Å². The maximum Gasteiger partial charge on any atom is 0.0977 e. The van der Waals surface area contributed by atoms with Crippen LogP contribution in [0.25, 0.3) is 0 Å². The number of rotatable bonds is 8. The summed E-state index contributed by atoms with van der Waals surface area (Å²) in [7, 11) is 0. The van der Waals surface area contributed by atoms with Gasteiger partial charge in [0.1, 0.15) is 0 Å². The van der Waals surface area contributed by atoms with E-state index in [2.05, 4.69) is 42.2 Å². The van der Waals surface area contributed by atoms with Crippen molar-refractivity contribution in [2.75, 3.05) is 19.6 Å². The molecule has 2 nitrogen and oxygen atoms in total. The zero-order valence-electron chi connectivity index (χ0n) is 16.4. The fourth-order valence-electron chi connectivity index (χ4n) is 4.32. The second-order valence-electron chi connectivity index (χ2n) is 7.86. The van der Waals surface area contributed by atoms with Gasteiger partial charge in [0.05, 0.1) is 5.60 Å². The predicted molar refractivity (Wildman–Crippen MR) is 114 cm³/mol. The van der Waals surface area contributed by atoms with Gasteiger partial charge in [-0.3, -0.25) is 0 Å². The van der Waals surface area contributed by atoms with Gasteiger partial charge in [0.2, 0.25) is 0 Å². The first-order valence-electron chi connectivity index (χ1n) is 10.4.